The van der Waals surface area contributed by atoms with Gasteiger partial charge in [-0.25, -0.2) is 4.79 Å². The van der Waals surface area contributed by atoms with Gasteiger partial charge in [0.1, 0.15) is 11.8 Å². The highest BCUT2D eigenvalue weighted by atomic mass is 16.6. The Morgan fingerprint density at radius 2 is 2.06 bits per heavy atom. The smallest absolute Gasteiger partial charge is 0.352 e. The Labute approximate surface area is 202 Å². The van der Waals surface area contributed by atoms with Gasteiger partial charge in [0.15, 0.2) is 23.7 Å². The zero-order valence-corrected chi connectivity index (χ0v) is 19.6. The summed E-state index contributed by atoms with van der Waals surface area (Å²) < 4.78 is 22.7. The first-order valence-electron chi connectivity index (χ1n) is 11.8. The molecule has 1 heterocycles. The van der Waals surface area contributed by atoms with Gasteiger partial charge >= 0.3 is 17.9 Å². The lowest BCUT2D eigenvalue weighted by Crippen LogP contribution is -2.67. The largest absolute Gasteiger partial charge is 0.493 e. The van der Waals surface area contributed by atoms with Gasteiger partial charge in [-0.2, -0.15) is 0 Å². The van der Waals surface area contributed by atoms with Crippen molar-refractivity contribution in [2.45, 2.75) is 74.7 Å². The lowest BCUT2D eigenvalue weighted by atomic mass is 9.47. The Hall–Kier alpha value is -3.11. The molecule has 35 heavy (non-hydrogen) atoms. The van der Waals surface area contributed by atoms with Crippen LogP contribution in [0.3, 0.4) is 0 Å². The number of ether oxygens (including phenoxy) is 4. The summed E-state index contributed by atoms with van der Waals surface area (Å²) in [5.41, 5.74) is 5.75. The van der Waals surface area contributed by atoms with Crippen LogP contribution in [0.15, 0.2) is 24.0 Å². The Kier molecular flexibility index (Phi) is 5.56. The van der Waals surface area contributed by atoms with E-state index in [2.05, 4.69) is 0 Å². The molecule has 2 bridgehead atoms. The van der Waals surface area contributed by atoms with Crippen LogP contribution in [0.4, 0.5) is 0 Å². The minimum Gasteiger partial charge on any atom is -0.493 e. The standard InChI is InChI=1S/C25H29NO9/c1-12(33-23(30)15(26)11-18(27)28)22(29)34-17-7-9-25(31)14-4-3-8-24(25)19-13(10-14)5-6-16(32-2)20(19)35-21(17)24/h5-7,12,14-15,21,31H,3-4,8-11,26H2,1-2H3,(H,27,28)/t12-,14+,15-,21-,24-,25+/m0/s1. The molecule has 10 heteroatoms. The lowest BCUT2D eigenvalue weighted by molar-refractivity contribution is -0.172. The van der Waals surface area contributed by atoms with Crippen molar-refractivity contribution in [3.63, 3.8) is 0 Å². The molecule has 1 fully saturated rings. The monoisotopic (exact) mass is 487 g/mol. The van der Waals surface area contributed by atoms with Crippen LogP contribution in [0.5, 0.6) is 11.5 Å². The van der Waals surface area contributed by atoms with Gasteiger partial charge in [-0.05, 0) is 56.2 Å². The number of aliphatic hydroxyl groups is 1. The normalized spacial score (nSPS) is 31.3. The highest BCUT2D eigenvalue weighted by molar-refractivity contribution is 5.85. The Balaban J connectivity index is 1.43. The van der Waals surface area contributed by atoms with Gasteiger partial charge in [0.05, 0.1) is 24.5 Å². The summed E-state index contributed by atoms with van der Waals surface area (Å²) in [6.07, 6.45) is 2.52. The minimum absolute atomic E-state index is 0.0540. The van der Waals surface area contributed by atoms with Crippen LogP contribution < -0.4 is 15.2 Å². The third kappa shape index (κ3) is 3.34. The molecule has 1 aromatic rings. The summed E-state index contributed by atoms with van der Waals surface area (Å²) >= 11 is 0. The highest BCUT2D eigenvalue weighted by Gasteiger charge is 2.71. The summed E-state index contributed by atoms with van der Waals surface area (Å²) in [5, 5.41) is 20.9. The predicted molar refractivity (Wildman–Crippen MR) is 120 cm³/mol. The fraction of sp³-hybridized carbons (Fsp3) is 0.560. The van der Waals surface area contributed by atoms with E-state index in [-0.39, 0.29) is 11.7 Å². The molecule has 0 amide bonds. The third-order valence-corrected chi connectivity index (χ3v) is 8.01. The molecule has 4 aliphatic rings. The number of carbonyl (C=O) groups excluding carboxylic acids is 2. The van der Waals surface area contributed by atoms with Crippen LogP contribution >= 0.6 is 0 Å². The minimum atomic E-state index is -1.40. The highest BCUT2D eigenvalue weighted by Crippen LogP contribution is 2.67. The van der Waals surface area contributed by atoms with Crippen molar-refractivity contribution in [2.24, 2.45) is 11.7 Å². The van der Waals surface area contributed by atoms with Gasteiger partial charge in [-0.15, -0.1) is 0 Å². The van der Waals surface area contributed by atoms with E-state index in [4.69, 9.17) is 29.8 Å². The van der Waals surface area contributed by atoms with E-state index >= 15 is 0 Å². The second-order valence-corrected chi connectivity index (χ2v) is 9.83. The fourth-order valence-electron chi connectivity index (χ4n) is 6.46. The number of nitrogens with two attached hydrogens (primary N) is 1. The number of carbonyl (C=O) groups is 3. The number of benzene rings is 1. The summed E-state index contributed by atoms with van der Waals surface area (Å²) in [6.45, 7) is 1.33. The van der Waals surface area contributed by atoms with Gasteiger partial charge in [0.2, 0.25) is 0 Å². The van der Waals surface area contributed by atoms with Crippen LogP contribution in [0.2, 0.25) is 0 Å². The molecular formula is C25H29NO9. The van der Waals surface area contributed by atoms with E-state index in [0.717, 1.165) is 30.4 Å². The molecule has 10 nitrogen and oxygen atoms in total. The van der Waals surface area contributed by atoms with Gasteiger partial charge in [0, 0.05) is 5.56 Å². The van der Waals surface area contributed by atoms with E-state index in [9.17, 15) is 19.5 Å². The fourth-order valence-corrected chi connectivity index (χ4v) is 6.46. The van der Waals surface area contributed by atoms with E-state index < -0.39 is 53.6 Å². The number of hydrogen-bond acceptors (Lipinski definition) is 9. The van der Waals surface area contributed by atoms with E-state index in [0.29, 0.717) is 24.3 Å². The molecule has 188 valence electrons. The van der Waals surface area contributed by atoms with Gasteiger partial charge < -0.3 is 34.9 Å². The van der Waals surface area contributed by atoms with Crippen molar-refractivity contribution in [1.29, 1.82) is 0 Å². The van der Waals surface area contributed by atoms with Crippen molar-refractivity contribution in [3.8, 4) is 11.5 Å². The van der Waals surface area contributed by atoms with Crippen LogP contribution in [-0.2, 0) is 35.7 Å². The number of carboxylic acids is 1. The first-order chi connectivity index (χ1) is 16.6. The number of hydrogen-bond donors (Lipinski definition) is 3. The zero-order chi connectivity index (χ0) is 25.1. The first kappa shape index (κ1) is 23.6. The van der Waals surface area contributed by atoms with Crippen molar-refractivity contribution in [3.05, 3.63) is 35.1 Å². The van der Waals surface area contributed by atoms with Crippen LogP contribution in [0.1, 0.15) is 50.2 Å². The second kappa shape index (κ2) is 8.23. The molecule has 1 aromatic carbocycles. The zero-order valence-electron chi connectivity index (χ0n) is 19.6. The molecule has 6 atom stereocenters. The maximum absolute atomic E-state index is 12.8. The van der Waals surface area contributed by atoms with Crippen LogP contribution in [-0.4, -0.2) is 59.1 Å². The Morgan fingerprint density at radius 1 is 1.29 bits per heavy atom. The number of aliphatic carboxylic acids is 1. The quantitative estimate of drug-likeness (QED) is 0.480. The summed E-state index contributed by atoms with van der Waals surface area (Å²) in [4.78, 5) is 35.7. The van der Waals surface area contributed by atoms with Crippen LogP contribution in [0, 0.1) is 5.92 Å². The SMILES string of the molecule is COc1ccc2c3c1O[C@H]1C(OC(=O)[C@H](C)OC(=O)[C@@H](N)CC(=O)O)=CC[C@@]4(O)[C@H](CCC[C@]314)C2. The molecule has 0 aromatic heterocycles. The maximum Gasteiger partial charge on any atom is 0.352 e. The average molecular weight is 488 g/mol. The molecule has 0 unspecified atom stereocenters. The van der Waals surface area contributed by atoms with Gasteiger partial charge in [-0.3, -0.25) is 9.59 Å². The molecule has 5 rings (SSSR count). The molecule has 1 aliphatic heterocycles. The lowest BCUT2D eigenvalue weighted by Gasteiger charge is -2.59. The summed E-state index contributed by atoms with van der Waals surface area (Å²) in [7, 11) is 1.56. The van der Waals surface area contributed by atoms with Crippen molar-refractivity contribution < 1.29 is 43.5 Å². The van der Waals surface area contributed by atoms with E-state index in [1.54, 1.807) is 13.2 Å². The molecule has 0 saturated heterocycles. The number of rotatable bonds is 7. The number of carboxylic acid groups (broad SMARTS) is 1. The molecule has 3 aliphatic carbocycles. The van der Waals surface area contributed by atoms with E-state index in [1.165, 1.54) is 6.92 Å². The third-order valence-electron chi connectivity index (χ3n) is 8.01. The molecular weight excluding hydrogens is 458 g/mol. The summed E-state index contributed by atoms with van der Waals surface area (Å²) in [5.74, 6) is -1.68. The molecule has 1 saturated carbocycles. The number of methoxy groups -OCH3 is 1. The van der Waals surface area contributed by atoms with Gasteiger partial charge in [0.25, 0.3) is 0 Å². The average Bonchev–Trinajstić information content (AvgIpc) is 3.15. The topological polar surface area (TPSA) is 155 Å². The maximum atomic E-state index is 12.8. The Morgan fingerprint density at radius 3 is 2.77 bits per heavy atom. The molecule has 1 spiro atoms. The second-order valence-electron chi connectivity index (χ2n) is 9.83. The number of esters is 2. The van der Waals surface area contributed by atoms with Crippen molar-refractivity contribution >= 4 is 17.9 Å². The van der Waals surface area contributed by atoms with Crippen LogP contribution in [0.25, 0.3) is 0 Å². The first-order valence-corrected chi connectivity index (χ1v) is 11.8. The molecule has 0 radical (unpaired) electrons. The van der Waals surface area contributed by atoms with Crippen molar-refractivity contribution in [1.82, 2.24) is 0 Å². The Bertz CT molecular complexity index is 1130. The van der Waals surface area contributed by atoms with Gasteiger partial charge in [-0.1, -0.05) is 12.5 Å². The predicted octanol–water partition coefficient (Wildman–Crippen LogP) is 1.35. The van der Waals surface area contributed by atoms with E-state index in [1.807, 2.05) is 12.1 Å². The molecule has 4 N–H and O–H groups in total. The summed E-state index contributed by atoms with van der Waals surface area (Å²) in [6, 6.07) is 2.49. The van der Waals surface area contributed by atoms with Crippen molar-refractivity contribution in [2.75, 3.05) is 7.11 Å².